The fourth-order valence-corrected chi connectivity index (χ4v) is 4.81. The van der Waals surface area contributed by atoms with Gasteiger partial charge in [-0.3, -0.25) is 9.82 Å². The van der Waals surface area contributed by atoms with E-state index >= 15 is 0 Å². The van der Waals surface area contributed by atoms with Crippen molar-refractivity contribution in [2.45, 2.75) is 17.2 Å². The number of rotatable bonds is 10. The van der Waals surface area contributed by atoms with Gasteiger partial charge in [0.05, 0.1) is 11.6 Å². The second kappa shape index (κ2) is 10.8. The highest BCUT2D eigenvalue weighted by molar-refractivity contribution is 7.92. The van der Waals surface area contributed by atoms with Crippen LogP contribution in [0.5, 0.6) is 5.75 Å². The van der Waals surface area contributed by atoms with Crippen LogP contribution in [0, 0.1) is 5.82 Å². The average molecular weight is 554 g/mol. The SMILES string of the molecule is Nc1ccc(F)c(S(=O)(=O)Nc2cccc([C@@H](O)CNCCOc3ccc4c(C(F)(F)F)n[nH]c4c3)c2)c1. The normalized spacial score (nSPS) is 13.0. The zero-order valence-corrected chi connectivity index (χ0v) is 20.4. The minimum absolute atomic E-state index is 0.0614. The third-order valence-corrected chi connectivity index (χ3v) is 6.85. The molecule has 1 heterocycles. The Kier molecular flexibility index (Phi) is 7.76. The Morgan fingerprint density at radius 2 is 1.89 bits per heavy atom. The number of fused-ring (bicyclic) bond motifs is 1. The first-order valence-corrected chi connectivity index (χ1v) is 12.7. The smallest absolute Gasteiger partial charge is 0.435 e. The number of nitrogens with zero attached hydrogens (tertiary/aromatic N) is 1. The highest BCUT2D eigenvalue weighted by atomic mass is 32.2. The molecule has 14 heteroatoms. The second-order valence-corrected chi connectivity index (χ2v) is 9.92. The third kappa shape index (κ3) is 6.33. The number of aromatic nitrogens is 2. The number of aromatic amines is 1. The molecule has 0 spiro atoms. The van der Waals surface area contributed by atoms with Gasteiger partial charge < -0.3 is 20.9 Å². The van der Waals surface area contributed by atoms with Crippen molar-refractivity contribution in [1.29, 1.82) is 0 Å². The molecular formula is C24H23F4N5O4S. The van der Waals surface area contributed by atoms with Crippen LogP contribution in [-0.2, 0) is 16.2 Å². The number of H-pyrrole nitrogens is 1. The van der Waals surface area contributed by atoms with E-state index in [0.717, 1.165) is 12.1 Å². The molecule has 0 unspecified atom stereocenters. The number of anilines is 2. The second-order valence-electron chi connectivity index (χ2n) is 8.27. The lowest BCUT2D eigenvalue weighted by atomic mass is 10.1. The van der Waals surface area contributed by atoms with E-state index in [1.807, 2.05) is 0 Å². The number of sulfonamides is 1. The first-order chi connectivity index (χ1) is 17.9. The minimum Gasteiger partial charge on any atom is -0.492 e. The number of alkyl halides is 3. The van der Waals surface area contributed by atoms with Gasteiger partial charge in [0.1, 0.15) is 23.1 Å². The molecule has 0 bridgehead atoms. The molecule has 3 aromatic carbocycles. The van der Waals surface area contributed by atoms with Crippen molar-refractivity contribution in [2.24, 2.45) is 0 Å². The number of nitrogens with one attached hydrogen (secondary N) is 3. The topological polar surface area (TPSA) is 142 Å². The number of hydrogen-bond donors (Lipinski definition) is 5. The summed E-state index contributed by atoms with van der Waals surface area (Å²) in [5.74, 6) is -0.612. The summed E-state index contributed by atoms with van der Waals surface area (Å²) >= 11 is 0. The van der Waals surface area contributed by atoms with Crippen LogP contribution in [0.1, 0.15) is 17.4 Å². The molecule has 0 aliphatic rings. The molecule has 1 aromatic heterocycles. The van der Waals surface area contributed by atoms with Crippen molar-refractivity contribution < 1.29 is 35.8 Å². The number of hydrogen-bond acceptors (Lipinski definition) is 7. The maximum absolute atomic E-state index is 14.0. The van der Waals surface area contributed by atoms with Crippen LogP contribution in [0.3, 0.4) is 0 Å². The van der Waals surface area contributed by atoms with Crippen LogP contribution in [0.4, 0.5) is 28.9 Å². The van der Waals surface area contributed by atoms with Crippen LogP contribution in [-0.4, -0.2) is 43.4 Å². The Hall–Kier alpha value is -3.88. The Balaban J connectivity index is 1.29. The molecule has 4 aromatic rings. The highest BCUT2D eigenvalue weighted by Gasteiger charge is 2.35. The number of halogens is 4. The molecule has 4 rings (SSSR count). The maximum Gasteiger partial charge on any atom is 0.435 e. The number of ether oxygens (including phenoxy) is 1. The zero-order chi connectivity index (χ0) is 27.5. The largest absolute Gasteiger partial charge is 0.492 e. The summed E-state index contributed by atoms with van der Waals surface area (Å²) < 4.78 is 85.8. The van der Waals surface area contributed by atoms with Gasteiger partial charge in [0, 0.05) is 35.9 Å². The van der Waals surface area contributed by atoms with Crippen molar-refractivity contribution >= 4 is 32.3 Å². The van der Waals surface area contributed by atoms with Gasteiger partial charge in [0.25, 0.3) is 10.0 Å². The predicted molar refractivity (Wildman–Crippen MR) is 132 cm³/mol. The quantitative estimate of drug-likeness (QED) is 0.114. The molecule has 202 valence electrons. The lowest BCUT2D eigenvalue weighted by Crippen LogP contribution is -2.26. The van der Waals surface area contributed by atoms with Gasteiger partial charge in [-0.25, -0.2) is 12.8 Å². The van der Waals surface area contributed by atoms with Gasteiger partial charge in [-0.15, -0.1) is 0 Å². The van der Waals surface area contributed by atoms with E-state index in [0.29, 0.717) is 17.9 Å². The van der Waals surface area contributed by atoms with Gasteiger partial charge in [-0.1, -0.05) is 12.1 Å². The molecule has 0 radical (unpaired) electrons. The molecule has 0 amide bonds. The van der Waals surface area contributed by atoms with Crippen molar-refractivity contribution in [3.63, 3.8) is 0 Å². The first kappa shape index (κ1) is 27.2. The summed E-state index contributed by atoms with van der Waals surface area (Å²) in [6, 6.07) is 13.3. The molecule has 6 N–H and O–H groups in total. The van der Waals surface area contributed by atoms with Crippen LogP contribution in [0.15, 0.2) is 65.6 Å². The van der Waals surface area contributed by atoms with E-state index in [2.05, 4.69) is 20.2 Å². The number of aliphatic hydroxyl groups excluding tert-OH is 1. The van der Waals surface area contributed by atoms with E-state index < -0.39 is 38.7 Å². The molecule has 38 heavy (non-hydrogen) atoms. The lowest BCUT2D eigenvalue weighted by Gasteiger charge is -2.15. The Bertz CT molecular complexity index is 1540. The van der Waals surface area contributed by atoms with E-state index in [1.165, 1.54) is 42.5 Å². The molecule has 0 fully saturated rings. The van der Waals surface area contributed by atoms with Crippen molar-refractivity contribution in [1.82, 2.24) is 15.5 Å². The van der Waals surface area contributed by atoms with E-state index in [1.54, 1.807) is 6.07 Å². The van der Waals surface area contributed by atoms with Crippen LogP contribution < -0.4 is 20.5 Å². The monoisotopic (exact) mass is 553 g/mol. The number of benzene rings is 3. The van der Waals surface area contributed by atoms with Gasteiger partial charge in [-0.05, 0) is 48.0 Å². The molecule has 0 saturated carbocycles. The van der Waals surface area contributed by atoms with Crippen molar-refractivity contribution in [3.8, 4) is 5.75 Å². The number of nitrogens with two attached hydrogens (primary N) is 1. The maximum atomic E-state index is 14.0. The van der Waals surface area contributed by atoms with E-state index in [4.69, 9.17) is 10.5 Å². The van der Waals surface area contributed by atoms with Gasteiger partial charge in [-0.2, -0.15) is 18.3 Å². The fraction of sp³-hybridized carbons (Fsp3) is 0.208. The standard InChI is InChI=1S/C24H23F4N5O4S/c25-19-7-4-15(29)11-22(19)38(35,36)33-16-3-1-2-14(10-16)21(34)13-30-8-9-37-17-5-6-18-20(12-17)31-32-23(18)24(26,27)28/h1-7,10-12,21,30,33-34H,8-9,13,29H2,(H,31,32)/t21-/m0/s1. The summed E-state index contributed by atoms with van der Waals surface area (Å²) in [5, 5.41) is 19.0. The van der Waals surface area contributed by atoms with E-state index in [9.17, 15) is 31.1 Å². The van der Waals surface area contributed by atoms with Crippen LogP contribution >= 0.6 is 0 Å². The molecule has 9 nitrogen and oxygen atoms in total. The zero-order valence-electron chi connectivity index (χ0n) is 19.6. The van der Waals surface area contributed by atoms with Crippen LogP contribution in [0.2, 0.25) is 0 Å². The number of aliphatic hydroxyl groups is 1. The summed E-state index contributed by atoms with van der Waals surface area (Å²) in [6.45, 7) is 0.551. The molecule has 0 aliphatic heterocycles. The van der Waals surface area contributed by atoms with Crippen molar-refractivity contribution in [2.75, 3.05) is 30.2 Å². The fourth-order valence-electron chi connectivity index (χ4n) is 3.65. The molecule has 0 saturated heterocycles. The van der Waals surface area contributed by atoms with Gasteiger partial charge in [0.15, 0.2) is 5.69 Å². The minimum atomic E-state index is -4.57. The third-order valence-electron chi connectivity index (χ3n) is 5.46. The van der Waals surface area contributed by atoms with Gasteiger partial charge >= 0.3 is 6.18 Å². The summed E-state index contributed by atoms with van der Waals surface area (Å²) in [7, 11) is -4.26. The van der Waals surface area contributed by atoms with Crippen molar-refractivity contribution in [3.05, 3.63) is 77.7 Å². The summed E-state index contributed by atoms with van der Waals surface area (Å²) in [5.41, 5.74) is 5.37. The lowest BCUT2D eigenvalue weighted by molar-refractivity contribution is -0.139. The first-order valence-electron chi connectivity index (χ1n) is 11.2. The summed E-state index contributed by atoms with van der Waals surface area (Å²) in [6.07, 6.45) is -5.57. The molecule has 1 atom stereocenters. The average Bonchev–Trinajstić information content (AvgIpc) is 3.29. The van der Waals surface area contributed by atoms with E-state index in [-0.39, 0.29) is 35.4 Å². The Labute approximate surface area is 214 Å². The van der Waals surface area contributed by atoms with Crippen LogP contribution in [0.25, 0.3) is 10.9 Å². The highest BCUT2D eigenvalue weighted by Crippen LogP contribution is 2.34. The molecule has 0 aliphatic carbocycles. The van der Waals surface area contributed by atoms with Gasteiger partial charge in [0.2, 0.25) is 0 Å². The molecular weight excluding hydrogens is 530 g/mol. The Morgan fingerprint density at radius 3 is 2.66 bits per heavy atom. The summed E-state index contributed by atoms with van der Waals surface area (Å²) in [4.78, 5) is -0.599. The predicted octanol–water partition coefficient (Wildman–Crippen LogP) is 3.81. The number of nitrogen functional groups attached to an aromatic ring is 1. The Morgan fingerprint density at radius 1 is 1.11 bits per heavy atom.